The molecule has 1 unspecified atom stereocenters. The van der Waals surface area contributed by atoms with E-state index in [2.05, 4.69) is 24.8 Å². The van der Waals surface area contributed by atoms with Gasteiger partial charge in [-0.15, -0.1) is 0 Å². The number of carbonyl (C=O) groups excluding carboxylic acids is 1. The van der Waals surface area contributed by atoms with Crippen molar-refractivity contribution in [3.8, 4) is 0 Å². The first-order valence-electron chi connectivity index (χ1n) is 5.26. The number of carbonyl (C=O) groups is 1. The fourth-order valence-corrected chi connectivity index (χ4v) is 1.63. The minimum Gasteiger partial charge on any atom is -0.464 e. The summed E-state index contributed by atoms with van der Waals surface area (Å²) >= 11 is 4.26. The van der Waals surface area contributed by atoms with Crippen LogP contribution in [0.2, 0.25) is 0 Å². The van der Waals surface area contributed by atoms with Crippen molar-refractivity contribution in [1.29, 1.82) is 0 Å². The molecule has 4 heteroatoms. The Balaban J connectivity index is 2.40. The van der Waals surface area contributed by atoms with E-state index in [0.717, 1.165) is 6.42 Å². The number of rotatable bonds is 6. The molecular weight excluding hydrogens is 222 g/mol. The Morgan fingerprint density at radius 2 is 2.06 bits per heavy atom. The van der Waals surface area contributed by atoms with Crippen LogP contribution in [0.3, 0.4) is 0 Å². The van der Waals surface area contributed by atoms with Crippen molar-refractivity contribution in [2.24, 2.45) is 11.7 Å². The van der Waals surface area contributed by atoms with E-state index in [9.17, 15) is 4.79 Å². The van der Waals surface area contributed by atoms with Gasteiger partial charge in [0.25, 0.3) is 0 Å². The van der Waals surface area contributed by atoms with Crippen LogP contribution in [0.4, 0.5) is 0 Å². The maximum absolute atomic E-state index is 10.9. The van der Waals surface area contributed by atoms with Crippen LogP contribution in [0.15, 0.2) is 30.3 Å². The summed E-state index contributed by atoms with van der Waals surface area (Å²) in [4.78, 5) is 10.9. The molecule has 0 saturated heterocycles. The molecule has 0 radical (unpaired) electrons. The third-order valence-corrected chi connectivity index (χ3v) is 2.79. The normalized spacial score (nSPS) is 12.1. The number of hydrogen-bond donors (Lipinski definition) is 2. The predicted molar refractivity (Wildman–Crippen MR) is 67.5 cm³/mol. The van der Waals surface area contributed by atoms with Crippen LogP contribution in [0.5, 0.6) is 0 Å². The molecule has 1 rings (SSSR count). The third kappa shape index (κ3) is 4.68. The zero-order valence-electron chi connectivity index (χ0n) is 9.13. The molecule has 0 heterocycles. The zero-order chi connectivity index (χ0) is 11.8. The first kappa shape index (κ1) is 13.1. The van der Waals surface area contributed by atoms with Crippen molar-refractivity contribution < 1.29 is 9.53 Å². The van der Waals surface area contributed by atoms with Crippen molar-refractivity contribution >= 4 is 18.6 Å². The molecular formula is C12H17NO2S. The largest absolute Gasteiger partial charge is 0.464 e. The summed E-state index contributed by atoms with van der Waals surface area (Å²) in [6.07, 6.45) is 0.863. The molecule has 88 valence electrons. The van der Waals surface area contributed by atoms with Gasteiger partial charge in [-0.1, -0.05) is 30.3 Å². The van der Waals surface area contributed by atoms with Gasteiger partial charge < -0.3 is 10.5 Å². The number of thiol groups is 1. The van der Waals surface area contributed by atoms with Gasteiger partial charge in [0.1, 0.15) is 0 Å². The fourth-order valence-electron chi connectivity index (χ4n) is 1.39. The number of hydrogen-bond acceptors (Lipinski definition) is 4. The molecule has 16 heavy (non-hydrogen) atoms. The van der Waals surface area contributed by atoms with Crippen LogP contribution in [0, 0.1) is 5.92 Å². The molecule has 2 N–H and O–H groups in total. The van der Waals surface area contributed by atoms with E-state index in [-0.39, 0.29) is 18.4 Å². The number of benzene rings is 1. The molecule has 1 aromatic carbocycles. The van der Waals surface area contributed by atoms with Gasteiger partial charge in [-0.05, 0) is 17.7 Å². The van der Waals surface area contributed by atoms with Gasteiger partial charge in [0.05, 0.1) is 13.2 Å². The van der Waals surface area contributed by atoms with Gasteiger partial charge in [0.2, 0.25) is 0 Å². The molecule has 0 aliphatic heterocycles. The number of ether oxygens (including phenoxy) is 1. The van der Waals surface area contributed by atoms with Gasteiger partial charge in [-0.3, -0.25) is 4.79 Å². The minimum atomic E-state index is -0.361. The van der Waals surface area contributed by atoms with Crippen LogP contribution in [0.1, 0.15) is 5.56 Å². The smallest absolute Gasteiger partial charge is 0.319 e. The van der Waals surface area contributed by atoms with Crippen LogP contribution in [-0.4, -0.2) is 24.9 Å². The summed E-state index contributed by atoms with van der Waals surface area (Å²) in [5, 5.41) is 0. The molecule has 0 amide bonds. The Morgan fingerprint density at radius 1 is 1.38 bits per heavy atom. The van der Waals surface area contributed by atoms with Gasteiger partial charge in [-0.25, -0.2) is 0 Å². The highest BCUT2D eigenvalue weighted by Crippen LogP contribution is 2.10. The Kier molecular flexibility index (Phi) is 5.96. The standard InChI is InChI=1S/C12H17NO2S/c13-7-12(14)15-8-11(9-16)6-10-4-2-1-3-5-10/h1-5,11,16H,6-9,13H2. The van der Waals surface area contributed by atoms with Gasteiger partial charge in [-0.2, -0.15) is 12.6 Å². The Bertz CT molecular complexity index is 316. The molecule has 0 aromatic heterocycles. The van der Waals surface area contributed by atoms with E-state index in [4.69, 9.17) is 10.5 Å². The van der Waals surface area contributed by atoms with Gasteiger partial charge in [0, 0.05) is 5.92 Å². The van der Waals surface area contributed by atoms with E-state index >= 15 is 0 Å². The zero-order valence-corrected chi connectivity index (χ0v) is 10.0. The highest BCUT2D eigenvalue weighted by molar-refractivity contribution is 7.80. The van der Waals surface area contributed by atoms with Crippen molar-refractivity contribution in [3.05, 3.63) is 35.9 Å². The SMILES string of the molecule is NCC(=O)OCC(CS)Cc1ccccc1. The topological polar surface area (TPSA) is 52.3 Å². The lowest BCUT2D eigenvalue weighted by Gasteiger charge is -2.14. The lowest BCUT2D eigenvalue weighted by atomic mass is 10.0. The average Bonchev–Trinajstić information content (AvgIpc) is 2.35. The summed E-state index contributed by atoms with van der Waals surface area (Å²) in [7, 11) is 0. The second-order valence-corrected chi connectivity index (χ2v) is 3.99. The summed E-state index contributed by atoms with van der Waals surface area (Å²) in [6.45, 7) is 0.319. The highest BCUT2D eigenvalue weighted by atomic mass is 32.1. The highest BCUT2D eigenvalue weighted by Gasteiger charge is 2.10. The second kappa shape index (κ2) is 7.30. The van der Waals surface area contributed by atoms with Gasteiger partial charge in [0.15, 0.2) is 0 Å². The van der Waals surface area contributed by atoms with E-state index < -0.39 is 0 Å². The first-order valence-corrected chi connectivity index (χ1v) is 5.90. The maximum atomic E-state index is 10.9. The summed E-state index contributed by atoms with van der Waals surface area (Å²) < 4.78 is 5.00. The summed E-state index contributed by atoms with van der Waals surface area (Å²) in [5.41, 5.74) is 6.39. The molecule has 1 atom stereocenters. The quantitative estimate of drug-likeness (QED) is 0.581. The molecule has 0 aliphatic rings. The number of esters is 1. The predicted octanol–water partition coefficient (Wildman–Crippen LogP) is 1.28. The first-order chi connectivity index (χ1) is 7.76. The lowest BCUT2D eigenvalue weighted by Crippen LogP contribution is -2.22. The third-order valence-electron chi connectivity index (χ3n) is 2.27. The molecule has 0 saturated carbocycles. The van der Waals surface area contributed by atoms with E-state index in [1.165, 1.54) is 5.56 Å². The Hall–Kier alpha value is -1.00. The lowest BCUT2D eigenvalue weighted by molar-refractivity contribution is -0.143. The van der Waals surface area contributed by atoms with Crippen LogP contribution < -0.4 is 5.73 Å². The maximum Gasteiger partial charge on any atom is 0.319 e. The molecule has 0 fully saturated rings. The van der Waals surface area contributed by atoms with Crippen molar-refractivity contribution in [2.75, 3.05) is 18.9 Å². The molecule has 0 bridgehead atoms. The summed E-state index contributed by atoms with van der Waals surface area (Å²) in [5.74, 6) is 0.563. The monoisotopic (exact) mass is 239 g/mol. The van der Waals surface area contributed by atoms with Crippen molar-refractivity contribution in [3.63, 3.8) is 0 Å². The minimum absolute atomic E-state index is 0.0649. The fraction of sp³-hybridized carbons (Fsp3) is 0.417. The van der Waals surface area contributed by atoms with Crippen LogP contribution >= 0.6 is 12.6 Å². The molecule has 0 aliphatic carbocycles. The van der Waals surface area contributed by atoms with E-state index in [1.807, 2.05) is 18.2 Å². The summed E-state index contributed by atoms with van der Waals surface area (Å²) in [6, 6.07) is 10.1. The van der Waals surface area contributed by atoms with Gasteiger partial charge >= 0.3 is 5.97 Å². The molecule has 1 aromatic rings. The second-order valence-electron chi connectivity index (χ2n) is 3.63. The van der Waals surface area contributed by atoms with Crippen molar-refractivity contribution in [1.82, 2.24) is 0 Å². The van der Waals surface area contributed by atoms with E-state index in [1.54, 1.807) is 0 Å². The molecule has 0 spiro atoms. The molecule has 3 nitrogen and oxygen atoms in total. The Labute approximate surface area is 101 Å². The van der Waals surface area contributed by atoms with E-state index in [0.29, 0.717) is 12.4 Å². The van der Waals surface area contributed by atoms with Crippen molar-refractivity contribution in [2.45, 2.75) is 6.42 Å². The number of nitrogens with two attached hydrogens (primary N) is 1. The van der Waals surface area contributed by atoms with Crippen LogP contribution in [-0.2, 0) is 16.0 Å². The van der Waals surface area contributed by atoms with Crippen LogP contribution in [0.25, 0.3) is 0 Å². The average molecular weight is 239 g/mol. The Morgan fingerprint density at radius 3 is 2.62 bits per heavy atom.